The van der Waals surface area contributed by atoms with Gasteiger partial charge in [0.2, 0.25) is 0 Å². The SMILES string of the molecule is CCC[C@H]1CN(CC(=O)O)C[C@@H]1NC(=O)c1cscn1. The topological polar surface area (TPSA) is 82.5 Å². The maximum absolute atomic E-state index is 12.0. The van der Waals surface area contributed by atoms with Crippen molar-refractivity contribution in [3.05, 3.63) is 16.6 Å². The molecule has 1 amide bonds. The Morgan fingerprint density at radius 2 is 2.35 bits per heavy atom. The van der Waals surface area contributed by atoms with Gasteiger partial charge in [0.15, 0.2) is 0 Å². The summed E-state index contributed by atoms with van der Waals surface area (Å²) in [5.74, 6) is -0.691. The minimum atomic E-state index is -0.827. The quantitative estimate of drug-likeness (QED) is 0.820. The highest BCUT2D eigenvalue weighted by molar-refractivity contribution is 7.07. The third kappa shape index (κ3) is 3.77. The number of carboxylic acids is 1. The van der Waals surface area contributed by atoms with E-state index in [1.54, 1.807) is 10.9 Å². The summed E-state index contributed by atoms with van der Waals surface area (Å²) in [6.45, 7) is 3.44. The Balaban J connectivity index is 1.97. The molecule has 0 aromatic carbocycles. The molecule has 0 unspecified atom stereocenters. The monoisotopic (exact) mass is 297 g/mol. The number of carbonyl (C=O) groups excluding carboxylic acids is 1. The number of likely N-dealkylation sites (tertiary alicyclic amines) is 1. The van der Waals surface area contributed by atoms with Crippen LogP contribution in [0.3, 0.4) is 0 Å². The summed E-state index contributed by atoms with van der Waals surface area (Å²) in [5.41, 5.74) is 2.06. The summed E-state index contributed by atoms with van der Waals surface area (Å²) in [5, 5.41) is 13.6. The number of aromatic nitrogens is 1. The fourth-order valence-electron chi connectivity index (χ4n) is 2.67. The lowest BCUT2D eigenvalue weighted by atomic mass is 9.98. The molecular formula is C13H19N3O3S. The van der Waals surface area contributed by atoms with Crippen LogP contribution in [-0.4, -0.2) is 52.5 Å². The molecular weight excluding hydrogens is 278 g/mol. The number of thiazole rings is 1. The van der Waals surface area contributed by atoms with Crippen LogP contribution in [0.25, 0.3) is 0 Å². The van der Waals surface area contributed by atoms with Crippen molar-refractivity contribution < 1.29 is 14.7 Å². The summed E-state index contributed by atoms with van der Waals surface area (Å²) in [4.78, 5) is 28.7. The smallest absolute Gasteiger partial charge is 0.317 e. The van der Waals surface area contributed by atoms with Gasteiger partial charge in [-0.2, -0.15) is 0 Å². The average Bonchev–Trinajstić information content (AvgIpc) is 3.00. The van der Waals surface area contributed by atoms with Crippen molar-refractivity contribution in [1.82, 2.24) is 15.2 Å². The largest absolute Gasteiger partial charge is 0.480 e. The van der Waals surface area contributed by atoms with E-state index >= 15 is 0 Å². The van der Waals surface area contributed by atoms with Gasteiger partial charge in [-0.1, -0.05) is 13.3 Å². The lowest BCUT2D eigenvalue weighted by molar-refractivity contribution is -0.138. The Labute approximate surface area is 121 Å². The van der Waals surface area contributed by atoms with Gasteiger partial charge in [0, 0.05) is 24.5 Å². The number of carboxylic acid groups (broad SMARTS) is 1. The van der Waals surface area contributed by atoms with Gasteiger partial charge in [0.1, 0.15) is 5.69 Å². The Morgan fingerprint density at radius 1 is 1.55 bits per heavy atom. The molecule has 2 rings (SSSR count). The van der Waals surface area contributed by atoms with Crippen molar-refractivity contribution in [3.63, 3.8) is 0 Å². The zero-order valence-electron chi connectivity index (χ0n) is 11.4. The first-order chi connectivity index (χ1) is 9.60. The fourth-order valence-corrected chi connectivity index (χ4v) is 3.21. The second-order valence-electron chi connectivity index (χ2n) is 5.09. The zero-order chi connectivity index (χ0) is 14.5. The van der Waals surface area contributed by atoms with E-state index in [-0.39, 0.29) is 18.5 Å². The van der Waals surface area contributed by atoms with Crippen molar-refractivity contribution in [2.24, 2.45) is 5.92 Å². The molecule has 0 spiro atoms. The molecule has 0 aliphatic carbocycles. The summed E-state index contributed by atoms with van der Waals surface area (Å²) < 4.78 is 0. The third-order valence-corrected chi connectivity index (χ3v) is 4.10. The number of amides is 1. The molecule has 2 N–H and O–H groups in total. The van der Waals surface area contributed by atoms with Crippen molar-refractivity contribution >= 4 is 23.2 Å². The molecule has 110 valence electrons. The number of hydrogen-bond donors (Lipinski definition) is 2. The maximum Gasteiger partial charge on any atom is 0.317 e. The fraction of sp³-hybridized carbons (Fsp3) is 0.615. The van der Waals surface area contributed by atoms with Gasteiger partial charge in [-0.05, 0) is 12.3 Å². The van der Waals surface area contributed by atoms with Crippen LogP contribution >= 0.6 is 11.3 Å². The van der Waals surface area contributed by atoms with Crippen LogP contribution in [0.5, 0.6) is 0 Å². The van der Waals surface area contributed by atoms with Gasteiger partial charge < -0.3 is 10.4 Å². The first-order valence-electron chi connectivity index (χ1n) is 6.73. The van der Waals surface area contributed by atoms with Crippen LogP contribution < -0.4 is 5.32 Å². The Kier molecular flexibility index (Phi) is 5.08. The van der Waals surface area contributed by atoms with Crippen molar-refractivity contribution in [3.8, 4) is 0 Å². The van der Waals surface area contributed by atoms with Crippen LogP contribution in [0.2, 0.25) is 0 Å². The minimum absolute atomic E-state index is 0.00324. The van der Waals surface area contributed by atoms with Gasteiger partial charge in [-0.25, -0.2) is 4.98 Å². The number of carbonyl (C=O) groups is 2. The highest BCUT2D eigenvalue weighted by Crippen LogP contribution is 2.22. The molecule has 20 heavy (non-hydrogen) atoms. The van der Waals surface area contributed by atoms with E-state index < -0.39 is 5.97 Å². The lowest BCUT2D eigenvalue weighted by Gasteiger charge is -2.18. The van der Waals surface area contributed by atoms with E-state index in [0.29, 0.717) is 18.2 Å². The predicted octanol–water partition coefficient (Wildman–Crippen LogP) is 1.06. The summed E-state index contributed by atoms with van der Waals surface area (Å²) in [6, 6.07) is 0.00324. The summed E-state index contributed by atoms with van der Waals surface area (Å²) in [6.07, 6.45) is 2.01. The van der Waals surface area contributed by atoms with E-state index in [1.165, 1.54) is 11.3 Å². The van der Waals surface area contributed by atoms with Crippen molar-refractivity contribution in [2.75, 3.05) is 19.6 Å². The average molecular weight is 297 g/mol. The molecule has 1 aromatic rings. The molecule has 0 saturated carbocycles. The van der Waals surface area contributed by atoms with E-state index in [1.807, 2.05) is 4.90 Å². The van der Waals surface area contributed by atoms with Gasteiger partial charge in [0.05, 0.1) is 12.1 Å². The molecule has 2 heterocycles. The number of nitrogens with one attached hydrogen (secondary N) is 1. The van der Waals surface area contributed by atoms with Gasteiger partial charge in [-0.3, -0.25) is 14.5 Å². The highest BCUT2D eigenvalue weighted by atomic mass is 32.1. The Morgan fingerprint density at radius 3 is 2.95 bits per heavy atom. The maximum atomic E-state index is 12.0. The van der Waals surface area contributed by atoms with E-state index in [9.17, 15) is 9.59 Å². The molecule has 7 heteroatoms. The molecule has 1 saturated heterocycles. The second kappa shape index (κ2) is 6.81. The third-order valence-electron chi connectivity index (χ3n) is 3.52. The Hall–Kier alpha value is -1.47. The summed E-state index contributed by atoms with van der Waals surface area (Å²) in [7, 11) is 0. The van der Waals surface area contributed by atoms with E-state index in [0.717, 1.165) is 19.4 Å². The molecule has 2 atom stereocenters. The van der Waals surface area contributed by atoms with Crippen LogP contribution in [-0.2, 0) is 4.79 Å². The number of aliphatic carboxylic acids is 1. The summed E-state index contributed by atoms with van der Waals surface area (Å²) >= 11 is 1.39. The van der Waals surface area contributed by atoms with Crippen LogP contribution in [0.1, 0.15) is 30.3 Å². The van der Waals surface area contributed by atoms with E-state index in [2.05, 4.69) is 17.2 Å². The van der Waals surface area contributed by atoms with Crippen LogP contribution in [0, 0.1) is 5.92 Å². The number of nitrogens with zero attached hydrogens (tertiary/aromatic N) is 2. The minimum Gasteiger partial charge on any atom is -0.480 e. The van der Waals surface area contributed by atoms with Gasteiger partial charge >= 0.3 is 5.97 Å². The second-order valence-corrected chi connectivity index (χ2v) is 5.81. The van der Waals surface area contributed by atoms with Gasteiger partial charge in [-0.15, -0.1) is 11.3 Å². The number of rotatable bonds is 6. The molecule has 0 radical (unpaired) electrons. The van der Waals surface area contributed by atoms with Gasteiger partial charge in [0.25, 0.3) is 5.91 Å². The standard InChI is InChI=1S/C13H19N3O3S/c1-2-3-9-4-16(6-12(17)18)5-10(9)15-13(19)11-7-20-8-14-11/h7-10H,2-6H2,1H3,(H,15,19)(H,17,18)/t9-,10-/m0/s1. The lowest BCUT2D eigenvalue weighted by Crippen LogP contribution is -2.41. The molecule has 6 nitrogen and oxygen atoms in total. The van der Waals surface area contributed by atoms with Crippen LogP contribution in [0.15, 0.2) is 10.9 Å². The first kappa shape index (κ1) is 14.9. The molecule has 1 aromatic heterocycles. The zero-order valence-corrected chi connectivity index (χ0v) is 12.2. The number of hydrogen-bond acceptors (Lipinski definition) is 5. The van der Waals surface area contributed by atoms with Crippen molar-refractivity contribution in [1.29, 1.82) is 0 Å². The first-order valence-corrected chi connectivity index (χ1v) is 7.67. The Bertz CT molecular complexity index is 463. The van der Waals surface area contributed by atoms with Crippen LogP contribution in [0.4, 0.5) is 0 Å². The normalized spacial score (nSPS) is 22.9. The highest BCUT2D eigenvalue weighted by Gasteiger charge is 2.34. The molecule has 1 aliphatic heterocycles. The van der Waals surface area contributed by atoms with Crippen molar-refractivity contribution in [2.45, 2.75) is 25.8 Å². The molecule has 1 fully saturated rings. The predicted molar refractivity (Wildman–Crippen MR) is 75.8 cm³/mol. The molecule has 0 bridgehead atoms. The van der Waals surface area contributed by atoms with E-state index in [4.69, 9.17) is 5.11 Å². The molecule has 1 aliphatic rings.